The number of amidine groups is 1. The Morgan fingerprint density at radius 2 is 2.07 bits per heavy atom. The predicted octanol–water partition coefficient (Wildman–Crippen LogP) is 4.17. The predicted molar refractivity (Wildman–Crippen MR) is 112 cm³/mol. The third kappa shape index (κ3) is 4.14. The summed E-state index contributed by atoms with van der Waals surface area (Å²) in [5.74, 6) is -1.11. The molecule has 2 aliphatic heterocycles. The van der Waals surface area contributed by atoms with Crippen LogP contribution in [0.15, 0.2) is 30.5 Å². The first kappa shape index (κ1) is 21.0. The number of carbonyl (C=O) groups excluding carboxylic acids is 1. The number of halogens is 3. The molecule has 1 amide bonds. The molecule has 158 valence electrons. The zero-order valence-electron chi connectivity index (χ0n) is 15.8. The lowest BCUT2D eigenvalue weighted by Gasteiger charge is -2.43. The molecule has 0 bridgehead atoms. The molecular weight excluding hydrogens is 434 g/mol. The van der Waals surface area contributed by atoms with Crippen LogP contribution in [0.5, 0.6) is 0 Å². The van der Waals surface area contributed by atoms with Gasteiger partial charge in [0.05, 0.1) is 15.8 Å². The Balaban J connectivity index is 1.51. The highest BCUT2D eigenvalue weighted by Gasteiger charge is 2.42. The molecule has 30 heavy (non-hydrogen) atoms. The van der Waals surface area contributed by atoms with E-state index in [1.807, 2.05) is 0 Å². The van der Waals surface area contributed by atoms with Crippen LogP contribution in [-0.4, -0.2) is 40.4 Å². The number of carbonyl (C=O) groups is 1. The van der Waals surface area contributed by atoms with Gasteiger partial charge in [-0.05, 0) is 37.1 Å². The second-order valence-corrected chi connectivity index (χ2v) is 9.00. The van der Waals surface area contributed by atoms with Crippen molar-refractivity contribution in [1.29, 1.82) is 5.41 Å². The number of pyridine rings is 1. The van der Waals surface area contributed by atoms with Gasteiger partial charge in [-0.2, -0.15) is 0 Å². The average molecular weight is 453 g/mol. The minimum atomic E-state index is -0.845. The quantitative estimate of drug-likeness (QED) is 0.650. The second-order valence-electron chi connectivity index (χ2n) is 7.16. The monoisotopic (exact) mass is 452 g/mol. The zero-order valence-corrected chi connectivity index (χ0v) is 17.4. The fourth-order valence-corrected chi connectivity index (χ4v) is 5.14. The standard InChI is InChI=1S/C20H19ClF2N4O2S/c21-11-7-15(23)17(25-9-11)18(28)26-12-1-2-14(22)13(8-12)16-10-30-20(19(24)27-16)3-5-29-6-4-20/h1-2,7-9,16H,3-6,10H2,(H2,24,27)(H,26,28). The Kier molecular flexibility index (Phi) is 5.95. The van der Waals surface area contributed by atoms with Crippen molar-refractivity contribution < 1.29 is 18.3 Å². The molecule has 3 N–H and O–H groups in total. The summed E-state index contributed by atoms with van der Waals surface area (Å²) in [5.41, 5.74) is 0.230. The van der Waals surface area contributed by atoms with Crippen molar-refractivity contribution in [3.05, 3.63) is 58.4 Å². The summed E-state index contributed by atoms with van der Waals surface area (Å²) in [4.78, 5) is 16.1. The van der Waals surface area contributed by atoms with Crippen molar-refractivity contribution in [2.24, 2.45) is 0 Å². The van der Waals surface area contributed by atoms with Crippen LogP contribution >= 0.6 is 23.4 Å². The molecule has 6 nitrogen and oxygen atoms in total. The summed E-state index contributed by atoms with van der Waals surface area (Å²) in [6, 6.07) is 4.71. The lowest BCUT2D eigenvalue weighted by molar-refractivity contribution is 0.0893. The van der Waals surface area contributed by atoms with Gasteiger partial charge in [-0.1, -0.05) is 11.6 Å². The first-order valence-corrected chi connectivity index (χ1v) is 10.7. The van der Waals surface area contributed by atoms with E-state index in [4.69, 9.17) is 21.7 Å². The van der Waals surface area contributed by atoms with Crippen LogP contribution in [-0.2, 0) is 4.74 Å². The molecule has 2 saturated heterocycles. The third-order valence-corrected chi connectivity index (χ3v) is 7.12. The molecule has 2 aliphatic rings. The molecule has 0 aliphatic carbocycles. The highest BCUT2D eigenvalue weighted by molar-refractivity contribution is 8.01. The van der Waals surface area contributed by atoms with Crippen LogP contribution in [0.3, 0.4) is 0 Å². The summed E-state index contributed by atoms with van der Waals surface area (Å²) >= 11 is 7.30. The summed E-state index contributed by atoms with van der Waals surface area (Å²) < 4.78 is 33.6. The van der Waals surface area contributed by atoms with Crippen LogP contribution in [0.4, 0.5) is 14.5 Å². The number of ether oxygens (including phenoxy) is 1. The van der Waals surface area contributed by atoms with Gasteiger partial charge < -0.3 is 15.4 Å². The Morgan fingerprint density at radius 1 is 1.30 bits per heavy atom. The van der Waals surface area contributed by atoms with E-state index in [-0.39, 0.29) is 9.77 Å². The average Bonchev–Trinajstić information content (AvgIpc) is 2.72. The number of benzene rings is 1. The molecule has 2 aromatic rings. The molecule has 2 fully saturated rings. The van der Waals surface area contributed by atoms with Gasteiger partial charge in [0, 0.05) is 36.4 Å². The Labute approximate surface area is 181 Å². The van der Waals surface area contributed by atoms with E-state index < -0.39 is 29.3 Å². The number of hydrogen-bond acceptors (Lipinski definition) is 5. The van der Waals surface area contributed by atoms with Crippen LogP contribution in [0, 0.1) is 17.0 Å². The maximum atomic E-state index is 14.5. The van der Waals surface area contributed by atoms with Gasteiger partial charge in [-0.3, -0.25) is 10.2 Å². The van der Waals surface area contributed by atoms with Gasteiger partial charge in [0.15, 0.2) is 11.5 Å². The fourth-order valence-electron chi connectivity index (χ4n) is 3.59. The number of hydrogen-bond donors (Lipinski definition) is 3. The lowest BCUT2D eigenvalue weighted by atomic mass is 9.95. The van der Waals surface area contributed by atoms with E-state index in [0.29, 0.717) is 36.1 Å². The van der Waals surface area contributed by atoms with E-state index >= 15 is 0 Å². The van der Waals surface area contributed by atoms with E-state index in [2.05, 4.69) is 15.6 Å². The molecular formula is C20H19ClF2N4O2S. The number of nitrogens with one attached hydrogen (secondary N) is 3. The number of nitrogens with zero attached hydrogens (tertiary/aromatic N) is 1. The van der Waals surface area contributed by atoms with Crippen LogP contribution < -0.4 is 10.6 Å². The van der Waals surface area contributed by atoms with Crippen LogP contribution in [0.25, 0.3) is 0 Å². The minimum Gasteiger partial charge on any atom is -0.381 e. The Hall–Kier alpha value is -2.23. The van der Waals surface area contributed by atoms with E-state index in [0.717, 1.165) is 18.9 Å². The van der Waals surface area contributed by atoms with E-state index in [1.165, 1.54) is 24.4 Å². The number of anilines is 1. The Morgan fingerprint density at radius 3 is 2.77 bits per heavy atom. The molecule has 1 aromatic carbocycles. The van der Waals surface area contributed by atoms with Gasteiger partial charge in [-0.15, -0.1) is 11.8 Å². The van der Waals surface area contributed by atoms with Gasteiger partial charge in [0.25, 0.3) is 5.91 Å². The maximum absolute atomic E-state index is 14.5. The van der Waals surface area contributed by atoms with E-state index in [9.17, 15) is 13.6 Å². The van der Waals surface area contributed by atoms with Gasteiger partial charge in [0.1, 0.15) is 11.7 Å². The zero-order chi connectivity index (χ0) is 21.3. The normalized spacial score (nSPS) is 20.6. The first-order chi connectivity index (χ1) is 14.4. The highest BCUT2D eigenvalue weighted by atomic mass is 35.5. The van der Waals surface area contributed by atoms with Crippen molar-refractivity contribution in [3.8, 4) is 0 Å². The van der Waals surface area contributed by atoms with Gasteiger partial charge >= 0.3 is 0 Å². The molecule has 1 spiro atoms. The molecule has 0 radical (unpaired) electrons. The van der Waals surface area contributed by atoms with Crippen molar-refractivity contribution >= 4 is 40.8 Å². The molecule has 0 saturated carbocycles. The lowest BCUT2D eigenvalue weighted by Crippen LogP contribution is -2.53. The van der Waals surface area contributed by atoms with Crippen LogP contribution in [0.1, 0.15) is 34.9 Å². The maximum Gasteiger partial charge on any atom is 0.277 e. The van der Waals surface area contributed by atoms with Crippen molar-refractivity contribution in [2.45, 2.75) is 23.6 Å². The Bertz CT molecular complexity index is 1000. The summed E-state index contributed by atoms with van der Waals surface area (Å²) in [6.07, 6.45) is 2.67. The molecule has 1 atom stereocenters. The fraction of sp³-hybridized carbons (Fsp3) is 0.350. The van der Waals surface area contributed by atoms with Gasteiger partial charge in [-0.25, -0.2) is 13.8 Å². The largest absolute Gasteiger partial charge is 0.381 e. The summed E-state index contributed by atoms with van der Waals surface area (Å²) in [6.45, 7) is 1.21. The van der Waals surface area contributed by atoms with Crippen molar-refractivity contribution in [1.82, 2.24) is 10.3 Å². The van der Waals surface area contributed by atoms with E-state index in [1.54, 1.807) is 11.8 Å². The topological polar surface area (TPSA) is 87.1 Å². The van der Waals surface area contributed by atoms with Gasteiger partial charge in [0.2, 0.25) is 0 Å². The third-order valence-electron chi connectivity index (χ3n) is 5.25. The molecule has 1 aromatic heterocycles. The highest BCUT2D eigenvalue weighted by Crippen LogP contribution is 2.42. The van der Waals surface area contributed by atoms with Crippen LogP contribution in [0.2, 0.25) is 5.02 Å². The molecule has 4 rings (SSSR count). The number of thioether (sulfide) groups is 1. The smallest absolute Gasteiger partial charge is 0.277 e. The molecule has 1 unspecified atom stereocenters. The molecule has 10 heteroatoms. The van der Waals surface area contributed by atoms with Crippen molar-refractivity contribution in [2.75, 3.05) is 24.3 Å². The summed E-state index contributed by atoms with van der Waals surface area (Å²) in [5, 5.41) is 14.2. The minimum absolute atomic E-state index is 0.0822. The summed E-state index contributed by atoms with van der Waals surface area (Å²) in [7, 11) is 0. The molecule has 3 heterocycles. The second kappa shape index (κ2) is 8.49. The SMILES string of the molecule is N=C1NC(c2cc(NC(=O)c3ncc(Cl)cc3F)ccc2F)CSC12CCOCC2. The number of amides is 1. The number of aromatic nitrogens is 1. The number of rotatable bonds is 3. The van der Waals surface area contributed by atoms with Crippen molar-refractivity contribution in [3.63, 3.8) is 0 Å². The first-order valence-electron chi connectivity index (χ1n) is 9.37.